The summed E-state index contributed by atoms with van der Waals surface area (Å²) in [6, 6.07) is 15.9. The lowest BCUT2D eigenvalue weighted by Crippen LogP contribution is -2.40. The summed E-state index contributed by atoms with van der Waals surface area (Å²) in [5.41, 5.74) is 5.21. The molecule has 0 amide bonds. The van der Waals surface area contributed by atoms with Gasteiger partial charge >= 0.3 is 5.69 Å². The Hall–Kier alpha value is -3.94. The molecule has 1 aliphatic rings. The molecule has 5 rings (SSSR count). The number of aromatic nitrogens is 4. The van der Waals surface area contributed by atoms with Crippen LogP contribution in [0.3, 0.4) is 0 Å². The van der Waals surface area contributed by atoms with Crippen LogP contribution in [0.15, 0.2) is 63.2 Å². The third-order valence-electron chi connectivity index (χ3n) is 6.29. The molecule has 33 heavy (non-hydrogen) atoms. The van der Waals surface area contributed by atoms with E-state index in [-0.39, 0.29) is 17.8 Å². The molecule has 2 aromatic heterocycles. The van der Waals surface area contributed by atoms with Crippen LogP contribution < -0.4 is 16.3 Å². The van der Waals surface area contributed by atoms with Crippen molar-refractivity contribution < 1.29 is 0 Å². The SMILES string of the molecule is CC1=NN(Cc2ccccc2C)c2nc3c(c(=O)n(Cc4ccccc4C)c(=O)n3C)n2C1. The molecular weight excluding hydrogens is 416 g/mol. The Morgan fingerprint density at radius 1 is 0.879 bits per heavy atom. The molecule has 0 saturated heterocycles. The van der Waals surface area contributed by atoms with Gasteiger partial charge in [-0.3, -0.25) is 18.5 Å². The van der Waals surface area contributed by atoms with Crippen LogP contribution in [0.1, 0.15) is 29.2 Å². The molecule has 168 valence electrons. The third kappa shape index (κ3) is 3.47. The predicted octanol–water partition coefficient (Wildman–Crippen LogP) is 2.96. The van der Waals surface area contributed by atoms with Crippen LogP contribution in [-0.4, -0.2) is 24.4 Å². The van der Waals surface area contributed by atoms with E-state index in [0.29, 0.717) is 30.2 Å². The average Bonchev–Trinajstić information content (AvgIpc) is 3.18. The maximum absolute atomic E-state index is 13.6. The number of anilines is 1. The highest BCUT2D eigenvalue weighted by Crippen LogP contribution is 2.26. The van der Waals surface area contributed by atoms with Crippen molar-refractivity contribution in [1.82, 2.24) is 18.7 Å². The second-order valence-corrected chi connectivity index (χ2v) is 8.65. The lowest BCUT2D eigenvalue weighted by molar-refractivity contribution is 0.651. The van der Waals surface area contributed by atoms with E-state index in [0.717, 1.165) is 28.0 Å². The van der Waals surface area contributed by atoms with Crippen molar-refractivity contribution >= 4 is 22.8 Å². The Kier molecular flexibility index (Phi) is 5.00. The summed E-state index contributed by atoms with van der Waals surface area (Å²) in [6.45, 7) is 7.18. The fraction of sp³-hybridized carbons (Fsp3) is 0.280. The van der Waals surface area contributed by atoms with E-state index >= 15 is 0 Å². The van der Waals surface area contributed by atoms with Crippen molar-refractivity contribution in [3.8, 4) is 0 Å². The van der Waals surface area contributed by atoms with Gasteiger partial charge in [-0.1, -0.05) is 48.5 Å². The van der Waals surface area contributed by atoms with Crippen LogP contribution in [0, 0.1) is 13.8 Å². The number of nitrogens with zero attached hydrogens (tertiary/aromatic N) is 6. The number of hydrazone groups is 1. The molecule has 0 unspecified atom stereocenters. The van der Waals surface area contributed by atoms with Gasteiger partial charge in [-0.15, -0.1) is 0 Å². The lowest BCUT2D eigenvalue weighted by Gasteiger charge is -2.25. The van der Waals surface area contributed by atoms with Crippen molar-refractivity contribution in [2.75, 3.05) is 5.01 Å². The molecule has 1 aliphatic heterocycles. The standard InChI is InChI=1S/C25H26N6O2/c1-16-9-5-7-11-19(16)14-30-23(32)21-22(28(4)25(30)33)26-24-29(21)13-18(3)27-31(24)15-20-12-8-6-10-17(20)2/h5-12H,13-15H2,1-4H3. The van der Waals surface area contributed by atoms with Gasteiger partial charge in [0.25, 0.3) is 5.56 Å². The fourth-order valence-corrected chi connectivity index (χ4v) is 4.37. The van der Waals surface area contributed by atoms with Gasteiger partial charge in [0.15, 0.2) is 11.2 Å². The molecule has 0 atom stereocenters. The molecule has 0 bridgehead atoms. The van der Waals surface area contributed by atoms with E-state index in [2.05, 4.69) is 19.1 Å². The Morgan fingerprint density at radius 2 is 1.48 bits per heavy atom. The molecule has 0 radical (unpaired) electrons. The molecule has 8 heteroatoms. The Balaban J connectivity index is 1.68. The highest BCUT2D eigenvalue weighted by atomic mass is 16.2. The van der Waals surface area contributed by atoms with Gasteiger partial charge < -0.3 is 0 Å². The van der Waals surface area contributed by atoms with Crippen LogP contribution in [0.25, 0.3) is 11.2 Å². The van der Waals surface area contributed by atoms with Crippen molar-refractivity contribution in [2.24, 2.45) is 12.1 Å². The Morgan fingerprint density at radius 3 is 2.12 bits per heavy atom. The largest absolute Gasteiger partial charge is 0.332 e. The van der Waals surface area contributed by atoms with E-state index in [1.807, 2.05) is 59.8 Å². The highest BCUT2D eigenvalue weighted by Gasteiger charge is 2.27. The van der Waals surface area contributed by atoms with E-state index in [1.54, 1.807) is 7.05 Å². The van der Waals surface area contributed by atoms with Gasteiger partial charge in [-0.25, -0.2) is 9.80 Å². The topological polar surface area (TPSA) is 77.4 Å². The Labute approximate surface area is 191 Å². The first-order valence-electron chi connectivity index (χ1n) is 11.0. The molecular formula is C25H26N6O2. The van der Waals surface area contributed by atoms with E-state index in [4.69, 9.17) is 10.1 Å². The summed E-state index contributed by atoms with van der Waals surface area (Å²) in [5.74, 6) is 0.569. The quantitative estimate of drug-likeness (QED) is 0.487. The van der Waals surface area contributed by atoms with Crippen molar-refractivity contribution in [3.63, 3.8) is 0 Å². The van der Waals surface area contributed by atoms with Crippen molar-refractivity contribution in [2.45, 2.75) is 40.4 Å². The molecule has 0 N–H and O–H groups in total. The van der Waals surface area contributed by atoms with E-state index < -0.39 is 0 Å². The minimum Gasteiger partial charge on any atom is -0.297 e. The number of fused-ring (bicyclic) bond motifs is 3. The molecule has 0 spiro atoms. The van der Waals surface area contributed by atoms with Gasteiger partial charge in [0.05, 0.1) is 25.3 Å². The van der Waals surface area contributed by atoms with Gasteiger partial charge in [0.1, 0.15) is 0 Å². The molecule has 3 heterocycles. The van der Waals surface area contributed by atoms with Gasteiger partial charge in [0.2, 0.25) is 5.95 Å². The number of rotatable bonds is 4. The first kappa shape index (κ1) is 20.9. The van der Waals surface area contributed by atoms with Gasteiger partial charge in [0, 0.05) is 7.05 Å². The average molecular weight is 443 g/mol. The minimum atomic E-state index is -0.380. The zero-order valence-electron chi connectivity index (χ0n) is 19.2. The number of benzene rings is 2. The van der Waals surface area contributed by atoms with Gasteiger partial charge in [-0.2, -0.15) is 10.1 Å². The minimum absolute atomic E-state index is 0.217. The monoisotopic (exact) mass is 442 g/mol. The van der Waals surface area contributed by atoms with Crippen LogP contribution >= 0.6 is 0 Å². The maximum Gasteiger partial charge on any atom is 0.332 e. The maximum atomic E-state index is 13.6. The smallest absolute Gasteiger partial charge is 0.297 e. The molecule has 0 fully saturated rings. The fourth-order valence-electron chi connectivity index (χ4n) is 4.37. The molecule has 0 aliphatic carbocycles. The molecule has 0 saturated carbocycles. The summed E-state index contributed by atoms with van der Waals surface area (Å²) < 4.78 is 4.64. The second-order valence-electron chi connectivity index (χ2n) is 8.65. The first-order valence-corrected chi connectivity index (χ1v) is 11.0. The second kappa shape index (κ2) is 7.88. The molecule has 8 nitrogen and oxygen atoms in total. The van der Waals surface area contributed by atoms with Crippen LogP contribution in [0.5, 0.6) is 0 Å². The van der Waals surface area contributed by atoms with E-state index in [9.17, 15) is 9.59 Å². The lowest BCUT2D eigenvalue weighted by atomic mass is 10.1. The number of imidazole rings is 1. The molecule has 2 aromatic carbocycles. The summed E-state index contributed by atoms with van der Waals surface area (Å²) in [5, 5.41) is 6.53. The zero-order valence-corrected chi connectivity index (χ0v) is 19.2. The number of hydrogen-bond acceptors (Lipinski definition) is 5. The highest BCUT2D eigenvalue weighted by molar-refractivity contribution is 5.87. The Bertz CT molecular complexity index is 1540. The normalized spacial score (nSPS) is 13.3. The van der Waals surface area contributed by atoms with Gasteiger partial charge in [-0.05, 0) is 43.0 Å². The predicted molar refractivity (Wildman–Crippen MR) is 130 cm³/mol. The summed E-state index contributed by atoms with van der Waals surface area (Å²) in [4.78, 5) is 31.5. The molecule has 4 aromatic rings. The third-order valence-corrected chi connectivity index (χ3v) is 6.29. The van der Waals surface area contributed by atoms with Crippen LogP contribution in [0.2, 0.25) is 0 Å². The summed E-state index contributed by atoms with van der Waals surface area (Å²) in [6.07, 6.45) is 0. The summed E-state index contributed by atoms with van der Waals surface area (Å²) >= 11 is 0. The van der Waals surface area contributed by atoms with Crippen molar-refractivity contribution in [3.05, 3.63) is 91.6 Å². The zero-order chi connectivity index (χ0) is 23.3. The van der Waals surface area contributed by atoms with Crippen LogP contribution in [-0.2, 0) is 26.7 Å². The first-order chi connectivity index (χ1) is 15.8. The number of aryl methyl sites for hydroxylation is 3. The van der Waals surface area contributed by atoms with E-state index in [1.165, 1.54) is 9.13 Å². The van der Waals surface area contributed by atoms with Crippen molar-refractivity contribution in [1.29, 1.82) is 0 Å². The number of hydrogen-bond donors (Lipinski definition) is 0. The van der Waals surface area contributed by atoms with Crippen LogP contribution in [0.4, 0.5) is 5.95 Å². The summed E-state index contributed by atoms with van der Waals surface area (Å²) in [7, 11) is 1.66.